The van der Waals surface area contributed by atoms with E-state index in [0.29, 0.717) is 18.2 Å². The zero-order valence-electron chi connectivity index (χ0n) is 14.4. The number of carbonyl (C=O) groups is 1. The van der Waals surface area contributed by atoms with Gasteiger partial charge in [0.05, 0.1) is 12.7 Å². The Bertz CT molecular complexity index is 750. The highest BCUT2D eigenvalue weighted by Crippen LogP contribution is 2.40. The predicted octanol–water partition coefficient (Wildman–Crippen LogP) is 2.59. The Labute approximate surface area is 148 Å². The SMILES string of the molecule is C[C@@H]1CN(c2ccnc(C(=O)N[C@@H]3C[C@H]3c3ccccc3)c2)CCO1. The highest BCUT2D eigenvalue weighted by atomic mass is 16.5. The van der Waals surface area contributed by atoms with Gasteiger partial charge in [0.1, 0.15) is 5.69 Å². The standard InChI is InChI=1S/C20H23N3O2/c1-14-13-23(9-10-25-14)16-7-8-21-19(11-16)20(24)22-18-12-17(18)15-5-3-2-4-6-15/h2-8,11,14,17-18H,9-10,12-13H2,1H3,(H,22,24)/t14-,17+,18-/m1/s1. The molecule has 0 unspecified atom stereocenters. The average Bonchev–Trinajstić information content (AvgIpc) is 3.42. The summed E-state index contributed by atoms with van der Waals surface area (Å²) in [7, 11) is 0. The molecule has 0 radical (unpaired) electrons. The van der Waals surface area contributed by atoms with Crippen molar-refractivity contribution in [3.05, 3.63) is 59.9 Å². The van der Waals surface area contributed by atoms with Crippen LogP contribution in [-0.4, -0.2) is 42.7 Å². The van der Waals surface area contributed by atoms with Gasteiger partial charge in [-0.05, 0) is 31.0 Å². The van der Waals surface area contributed by atoms with Gasteiger partial charge >= 0.3 is 0 Å². The molecule has 3 atom stereocenters. The minimum atomic E-state index is -0.0911. The summed E-state index contributed by atoms with van der Waals surface area (Å²) in [5.74, 6) is 0.333. The van der Waals surface area contributed by atoms with E-state index in [-0.39, 0.29) is 18.1 Å². The second kappa shape index (κ2) is 6.84. The number of pyridine rings is 1. The number of morpholine rings is 1. The molecule has 1 aromatic carbocycles. The molecule has 25 heavy (non-hydrogen) atoms. The molecule has 2 aliphatic rings. The molecular weight excluding hydrogens is 314 g/mol. The Balaban J connectivity index is 1.40. The van der Waals surface area contributed by atoms with Crippen molar-refractivity contribution >= 4 is 11.6 Å². The van der Waals surface area contributed by atoms with E-state index in [1.807, 2.05) is 30.3 Å². The summed E-state index contributed by atoms with van der Waals surface area (Å²) in [5, 5.41) is 3.11. The van der Waals surface area contributed by atoms with E-state index >= 15 is 0 Å². The smallest absolute Gasteiger partial charge is 0.270 e. The second-order valence-corrected chi connectivity index (χ2v) is 6.86. The van der Waals surface area contributed by atoms with Crippen molar-refractivity contribution < 1.29 is 9.53 Å². The molecule has 2 aromatic rings. The van der Waals surface area contributed by atoms with E-state index in [4.69, 9.17) is 4.74 Å². The Hall–Kier alpha value is -2.40. The van der Waals surface area contributed by atoms with Crippen LogP contribution < -0.4 is 10.2 Å². The molecule has 4 rings (SSSR count). The first-order valence-electron chi connectivity index (χ1n) is 8.89. The summed E-state index contributed by atoms with van der Waals surface area (Å²) in [6.45, 7) is 4.46. The van der Waals surface area contributed by atoms with E-state index in [2.05, 4.69) is 34.3 Å². The maximum absolute atomic E-state index is 12.6. The second-order valence-electron chi connectivity index (χ2n) is 6.86. The van der Waals surface area contributed by atoms with Crippen molar-refractivity contribution in [1.29, 1.82) is 0 Å². The fraction of sp³-hybridized carbons (Fsp3) is 0.400. The van der Waals surface area contributed by atoms with Crippen molar-refractivity contribution in [2.45, 2.75) is 31.4 Å². The van der Waals surface area contributed by atoms with Crippen LogP contribution >= 0.6 is 0 Å². The maximum Gasteiger partial charge on any atom is 0.270 e. The first-order valence-corrected chi connectivity index (χ1v) is 8.89. The molecule has 1 aromatic heterocycles. The van der Waals surface area contributed by atoms with E-state index in [1.165, 1.54) is 5.56 Å². The molecule has 130 valence electrons. The molecule has 0 bridgehead atoms. The molecule has 2 heterocycles. The zero-order chi connectivity index (χ0) is 17.2. The number of amides is 1. The Morgan fingerprint density at radius 3 is 2.92 bits per heavy atom. The van der Waals surface area contributed by atoms with Gasteiger partial charge in [-0.2, -0.15) is 0 Å². The van der Waals surface area contributed by atoms with Crippen molar-refractivity contribution in [2.24, 2.45) is 0 Å². The number of anilines is 1. The van der Waals surface area contributed by atoms with Gasteiger partial charge in [-0.15, -0.1) is 0 Å². The fourth-order valence-electron chi connectivity index (χ4n) is 3.46. The third-order valence-corrected chi connectivity index (χ3v) is 4.92. The van der Waals surface area contributed by atoms with Gasteiger partial charge in [-0.1, -0.05) is 30.3 Å². The zero-order valence-corrected chi connectivity index (χ0v) is 14.4. The molecule has 1 amide bonds. The van der Waals surface area contributed by atoms with Crippen LogP contribution in [0.15, 0.2) is 48.7 Å². The molecule has 0 spiro atoms. The number of hydrogen-bond acceptors (Lipinski definition) is 4. The quantitative estimate of drug-likeness (QED) is 0.932. The van der Waals surface area contributed by atoms with E-state index in [9.17, 15) is 4.79 Å². The monoisotopic (exact) mass is 337 g/mol. The summed E-state index contributed by atoms with van der Waals surface area (Å²) >= 11 is 0. The van der Waals surface area contributed by atoms with E-state index in [0.717, 1.165) is 25.2 Å². The fourth-order valence-corrected chi connectivity index (χ4v) is 3.46. The van der Waals surface area contributed by atoms with Gasteiger partial charge in [-0.3, -0.25) is 9.78 Å². The van der Waals surface area contributed by atoms with Gasteiger partial charge in [-0.25, -0.2) is 0 Å². The number of hydrogen-bond donors (Lipinski definition) is 1. The van der Waals surface area contributed by atoms with Crippen LogP contribution in [0.2, 0.25) is 0 Å². The van der Waals surface area contributed by atoms with E-state index < -0.39 is 0 Å². The highest BCUT2D eigenvalue weighted by molar-refractivity contribution is 5.93. The predicted molar refractivity (Wildman–Crippen MR) is 96.9 cm³/mol. The summed E-state index contributed by atoms with van der Waals surface area (Å²) < 4.78 is 5.59. The number of aromatic nitrogens is 1. The lowest BCUT2D eigenvalue weighted by molar-refractivity contribution is 0.0532. The average molecular weight is 337 g/mol. The third-order valence-electron chi connectivity index (χ3n) is 4.92. The third kappa shape index (κ3) is 3.66. The number of ether oxygens (including phenoxy) is 1. The number of benzene rings is 1. The summed E-state index contributed by atoms with van der Waals surface area (Å²) in [6, 6.07) is 14.4. The first kappa shape index (κ1) is 16.1. The van der Waals surface area contributed by atoms with Gasteiger partial charge in [0.25, 0.3) is 5.91 Å². The van der Waals surface area contributed by atoms with Crippen LogP contribution in [0.25, 0.3) is 0 Å². The Kier molecular flexibility index (Phi) is 4.40. The van der Waals surface area contributed by atoms with Crippen LogP contribution in [0, 0.1) is 0 Å². The number of rotatable bonds is 4. The molecule has 1 saturated carbocycles. The summed E-state index contributed by atoms with van der Waals surface area (Å²) in [4.78, 5) is 19.1. The molecule has 1 aliphatic heterocycles. The van der Waals surface area contributed by atoms with Crippen molar-refractivity contribution in [3.8, 4) is 0 Å². The first-order chi connectivity index (χ1) is 12.2. The van der Waals surface area contributed by atoms with Gasteiger partial charge < -0.3 is 15.0 Å². The van der Waals surface area contributed by atoms with E-state index in [1.54, 1.807) is 6.20 Å². The van der Waals surface area contributed by atoms with Crippen molar-refractivity contribution in [1.82, 2.24) is 10.3 Å². The lowest BCUT2D eigenvalue weighted by Crippen LogP contribution is -2.41. The van der Waals surface area contributed by atoms with Gasteiger partial charge in [0.2, 0.25) is 0 Å². The Morgan fingerprint density at radius 2 is 2.12 bits per heavy atom. The van der Waals surface area contributed by atoms with Crippen LogP contribution in [0.1, 0.15) is 35.3 Å². The normalized spacial score (nSPS) is 25.5. The number of nitrogens with one attached hydrogen (secondary N) is 1. The van der Waals surface area contributed by atoms with Gasteiger partial charge in [0.15, 0.2) is 0 Å². The van der Waals surface area contributed by atoms with Crippen LogP contribution in [0.5, 0.6) is 0 Å². The van der Waals surface area contributed by atoms with Crippen LogP contribution in [0.3, 0.4) is 0 Å². The molecule has 5 nitrogen and oxygen atoms in total. The molecule has 5 heteroatoms. The molecular formula is C20H23N3O2. The molecule has 1 saturated heterocycles. The Morgan fingerprint density at radius 1 is 1.28 bits per heavy atom. The van der Waals surface area contributed by atoms with Crippen LogP contribution in [0.4, 0.5) is 5.69 Å². The minimum Gasteiger partial charge on any atom is -0.375 e. The summed E-state index contributed by atoms with van der Waals surface area (Å²) in [5.41, 5.74) is 2.80. The lowest BCUT2D eigenvalue weighted by Gasteiger charge is -2.32. The number of nitrogens with zero attached hydrogens (tertiary/aromatic N) is 2. The van der Waals surface area contributed by atoms with Gasteiger partial charge in [0, 0.05) is 36.9 Å². The summed E-state index contributed by atoms with van der Waals surface area (Å²) in [6.07, 6.45) is 2.92. The minimum absolute atomic E-state index is 0.0911. The lowest BCUT2D eigenvalue weighted by atomic mass is 10.1. The molecule has 1 N–H and O–H groups in total. The molecule has 2 fully saturated rings. The maximum atomic E-state index is 12.6. The highest BCUT2D eigenvalue weighted by Gasteiger charge is 2.39. The van der Waals surface area contributed by atoms with Crippen molar-refractivity contribution in [2.75, 3.05) is 24.6 Å². The molecule has 1 aliphatic carbocycles. The topological polar surface area (TPSA) is 54.5 Å². The largest absolute Gasteiger partial charge is 0.375 e. The van der Waals surface area contributed by atoms with Crippen molar-refractivity contribution in [3.63, 3.8) is 0 Å². The van der Waals surface area contributed by atoms with Crippen LogP contribution in [-0.2, 0) is 4.74 Å². The number of carbonyl (C=O) groups excluding carboxylic acids is 1.